The van der Waals surface area contributed by atoms with Gasteiger partial charge in [-0.15, -0.1) is 0 Å². The number of piperidine rings is 1. The Hall–Kier alpha value is -2.96. The molecule has 0 N–H and O–H groups in total. The average molecular weight is 341 g/mol. The minimum atomic E-state index is -0.461. The summed E-state index contributed by atoms with van der Waals surface area (Å²) in [6.45, 7) is 2.74. The highest BCUT2D eigenvalue weighted by Gasteiger charge is 2.27. The summed E-state index contributed by atoms with van der Waals surface area (Å²) >= 11 is 0. The minimum absolute atomic E-state index is 0.0348. The number of ether oxygens (including phenoxy) is 1. The number of nitrogens with zero attached hydrogens (tertiary/aromatic N) is 3. The molecule has 1 aliphatic heterocycles. The second-order valence-electron chi connectivity index (χ2n) is 6.07. The number of amides is 1. The number of carbonyl (C=O) groups is 1. The lowest BCUT2D eigenvalue weighted by Gasteiger charge is -2.33. The maximum Gasteiger partial charge on any atom is 0.273 e. The van der Waals surface area contributed by atoms with E-state index in [-0.39, 0.29) is 17.7 Å². The van der Waals surface area contributed by atoms with Crippen LogP contribution in [0.4, 0.5) is 5.69 Å². The lowest BCUT2D eigenvalue weighted by atomic mass is 10.0. The molecule has 1 amide bonds. The van der Waals surface area contributed by atoms with Crippen molar-refractivity contribution in [1.29, 1.82) is 0 Å². The van der Waals surface area contributed by atoms with Crippen LogP contribution in [0.5, 0.6) is 5.75 Å². The largest absolute Gasteiger partial charge is 0.488 e. The number of benzene rings is 1. The summed E-state index contributed by atoms with van der Waals surface area (Å²) < 4.78 is 5.91. The fraction of sp³-hybridized carbons (Fsp3) is 0.333. The van der Waals surface area contributed by atoms with E-state index in [1.807, 2.05) is 0 Å². The van der Waals surface area contributed by atoms with Gasteiger partial charge in [-0.25, -0.2) is 0 Å². The van der Waals surface area contributed by atoms with Gasteiger partial charge in [0.15, 0.2) is 0 Å². The molecule has 1 aromatic heterocycles. The van der Waals surface area contributed by atoms with E-state index in [0.29, 0.717) is 24.2 Å². The second kappa shape index (κ2) is 7.29. The van der Waals surface area contributed by atoms with Crippen LogP contribution in [0.1, 0.15) is 28.8 Å². The van der Waals surface area contributed by atoms with Crippen molar-refractivity contribution in [3.05, 3.63) is 64.0 Å². The second-order valence-corrected chi connectivity index (χ2v) is 6.07. The van der Waals surface area contributed by atoms with Crippen LogP contribution in [0.15, 0.2) is 42.7 Å². The summed E-state index contributed by atoms with van der Waals surface area (Å²) in [5, 5.41) is 11.1. The van der Waals surface area contributed by atoms with Crippen molar-refractivity contribution in [2.75, 3.05) is 13.1 Å². The zero-order chi connectivity index (χ0) is 17.8. The Morgan fingerprint density at radius 2 is 2.08 bits per heavy atom. The predicted octanol–water partition coefficient (Wildman–Crippen LogP) is 2.98. The Bertz CT molecular complexity index is 779. The van der Waals surface area contributed by atoms with E-state index in [0.717, 1.165) is 18.6 Å². The summed E-state index contributed by atoms with van der Waals surface area (Å²) in [5.74, 6) is 0.520. The number of likely N-dealkylation sites (tertiary alicyclic amines) is 1. The molecule has 0 saturated carbocycles. The molecule has 0 bridgehead atoms. The molecule has 0 spiro atoms. The Morgan fingerprint density at radius 3 is 2.80 bits per heavy atom. The SMILES string of the molecule is Cc1ccc(C(=O)N2CCCC(Oc3ccncc3)C2)cc1[N+](=O)[O-]. The number of hydrogen-bond acceptors (Lipinski definition) is 5. The Balaban J connectivity index is 1.72. The Morgan fingerprint density at radius 1 is 1.32 bits per heavy atom. The van der Waals surface area contributed by atoms with Gasteiger partial charge in [0.25, 0.3) is 11.6 Å². The zero-order valence-electron chi connectivity index (χ0n) is 13.9. The van der Waals surface area contributed by atoms with Gasteiger partial charge in [-0.05, 0) is 38.0 Å². The maximum absolute atomic E-state index is 12.7. The number of hydrogen-bond donors (Lipinski definition) is 0. The molecule has 1 aromatic carbocycles. The monoisotopic (exact) mass is 341 g/mol. The van der Waals surface area contributed by atoms with Crippen LogP contribution in [-0.4, -0.2) is 39.9 Å². The van der Waals surface area contributed by atoms with E-state index in [9.17, 15) is 14.9 Å². The summed E-state index contributed by atoms with van der Waals surface area (Å²) in [7, 11) is 0. The minimum Gasteiger partial charge on any atom is -0.488 e. The predicted molar refractivity (Wildman–Crippen MR) is 91.6 cm³/mol. The van der Waals surface area contributed by atoms with Crippen molar-refractivity contribution in [2.24, 2.45) is 0 Å². The number of pyridine rings is 1. The first kappa shape index (κ1) is 16.9. The van der Waals surface area contributed by atoms with Crippen molar-refractivity contribution in [3.8, 4) is 5.75 Å². The molecule has 7 heteroatoms. The molecule has 1 fully saturated rings. The van der Waals surface area contributed by atoms with Crippen LogP contribution >= 0.6 is 0 Å². The van der Waals surface area contributed by atoms with Crippen molar-refractivity contribution >= 4 is 11.6 Å². The van der Waals surface area contributed by atoms with E-state index in [1.54, 1.807) is 48.5 Å². The topological polar surface area (TPSA) is 85.6 Å². The number of aromatic nitrogens is 1. The smallest absolute Gasteiger partial charge is 0.273 e. The molecule has 1 atom stereocenters. The lowest BCUT2D eigenvalue weighted by Crippen LogP contribution is -2.44. The highest BCUT2D eigenvalue weighted by Crippen LogP contribution is 2.23. The molecule has 0 aliphatic carbocycles. The first-order chi connectivity index (χ1) is 12.0. The molecule has 2 aromatic rings. The average Bonchev–Trinajstić information content (AvgIpc) is 2.62. The first-order valence-corrected chi connectivity index (χ1v) is 8.15. The van der Waals surface area contributed by atoms with Gasteiger partial charge in [0.2, 0.25) is 0 Å². The molecule has 0 radical (unpaired) electrons. The van der Waals surface area contributed by atoms with Gasteiger partial charge < -0.3 is 9.64 Å². The molecule has 25 heavy (non-hydrogen) atoms. The Labute approximate surface area is 145 Å². The fourth-order valence-corrected chi connectivity index (χ4v) is 2.95. The molecule has 3 rings (SSSR count). The van der Waals surface area contributed by atoms with Gasteiger partial charge in [0, 0.05) is 36.1 Å². The number of carbonyl (C=O) groups excluding carboxylic acids is 1. The van der Waals surface area contributed by atoms with E-state index in [4.69, 9.17) is 4.74 Å². The van der Waals surface area contributed by atoms with Gasteiger partial charge >= 0.3 is 0 Å². The summed E-state index contributed by atoms with van der Waals surface area (Å²) in [6, 6.07) is 8.16. The number of rotatable bonds is 4. The third-order valence-electron chi connectivity index (χ3n) is 4.27. The van der Waals surface area contributed by atoms with Gasteiger partial charge in [0.05, 0.1) is 11.5 Å². The first-order valence-electron chi connectivity index (χ1n) is 8.15. The van der Waals surface area contributed by atoms with Crippen LogP contribution in [0.25, 0.3) is 0 Å². The summed E-state index contributed by atoms with van der Waals surface area (Å²) in [6.07, 6.45) is 4.91. The molecular weight excluding hydrogens is 322 g/mol. The van der Waals surface area contributed by atoms with Crippen molar-refractivity contribution in [2.45, 2.75) is 25.9 Å². The lowest BCUT2D eigenvalue weighted by molar-refractivity contribution is -0.385. The van der Waals surface area contributed by atoms with E-state index >= 15 is 0 Å². The molecule has 1 saturated heterocycles. The normalized spacial score (nSPS) is 17.2. The fourth-order valence-electron chi connectivity index (χ4n) is 2.95. The van der Waals surface area contributed by atoms with Crippen molar-refractivity contribution in [1.82, 2.24) is 9.88 Å². The van der Waals surface area contributed by atoms with Crippen LogP contribution in [0.2, 0.25) is 0 Å². The summed E-state index contributed by atoms with van der Waals surface area (Å²) in [5.41, 5.74) is 0.841. The highest BCUT2D eigenvalue weighted by atomic mass is 16.6. The maximum atomic E-state index is 12.7. The van der Waals surface area contributed by atoms with Gasteiger partial charge in [-0.2, -0.15) is 0 Å². The number of aryl methyl sites for hydroxylation is 1. The van der Waals surface area contributed by atoms with Crippen LogP contribution in [-0.2, 0) is 0 Å². The molecule has 1 aliphatic rings. The molecule has 2 heterocycles. The van der Waals surface area contributed by atoms with Gasteiger partial charge in [0.1, 0.15) is 11.9 Å². The van der Waals surface area contributed by atoms with Crippen LogP contribution < -0.4 is 4.74 Å². The van der Waals surface area contributed by atoms with Gasteiger partial charge in [-0.3, -0.25) is 19.9 Å². The number of nitro groups is 1. The van der Waals surface area contributed by atoms with E-state index in [1.165, 1.54) is 6.07 Å². The van der Waals surface area contributed by atoms with Crippen molar-refractivity contribution in [3.63, 3.8) is 0 Å². The molecule has 1 unspecified atom stereocenters. The van der Waals surface area contributed by atoms with Crippen LogP contribution in [0.3, 0.4) is 0 Å². The van der Waals surface area contributed by atoms with Gasteiger partial charge in [-0.1, -0.05) is 6.07 Å². The third-order valence-corrected chi connectivity index (χ3v) is 4.27. The number of nitro benzene ring substituents is 1. The van der Waals surface area contributed by atoms with Crippen LogP contribution in [0, 0.1) is 17.0 Å². The van der Waals surface area contributed by atoms with E-state index < -0.39 is 4.92 Å². The molecular formula is C18H19N3O4. The molecule has 7 nitrogen and oxygen atoms in total. The zero-order valence-corrected chi connectivity index (χ0v) is 13.9. The summed E-state index contributed by atoms with van der Waals surface area (Å²) in [4.78, 5) is 29.0. The highest BCUT2D eigenvalue weighted by molar-refractivity contribution is 5.95. The Kier molecular flexibility index (Phi) is 4.92. The third kappa shape index (κ3) is 3.93. The van der Waals surface area contributed by atoms with Crippen molar-refractivity contribution < 1.29 is 14.5 Å². The quantitative estimate of drug-likeness (QED) is 0.630. The standard InChI is InChI=1S/C18H19N3O4/c1-13-4-5-14(11-17(13)21(23)24)18(22)20-10-2-3-16(12-20)25-15-6-8-19-9-7-15/h4-9,11,16H,2-3,10,12H2,1H3. The molecule has 130 valence electrons. The van der Waals surface area contributed by atoms with E-state index in [2.05, 4.69) is 4.98 Å².